The Balaban J connectivity index is 1.75. The average molecular weight is 415 g/mol. The number of Topliss-reactive ketones (excluding diaryl/α,β-unsaturated/α-hetero) is 1. The molecule has 2 aliphatic rings. The van der Waals surface area contributed by atoms with Crippen LogP contribution in [-0.2, 0) is 11.2 Å². The third-order valence-electron chi connectivity index (χ3n) is 8.60. The summed E-state index contributed by atoms with van der Waals surface area (Å²) in [4.78, 5) is 13.0. The number of aryl methyl sites for hydroxylation is 2. The predicted octanol–water partition coefficient (Wildman–Crippen LogP) is 6.22. The van der Waals surface area contributed by atoms with Crippen molar-refractivity contribution in [1.29, 1.82) is 0 Å². The van der Waals surface area contributed by atoms with Gasteiger partial charge in [0.2, 0.25) is 0 Å². The Labute approximate surface area is 183 Å². The van der Waals surface area contributed by atoms with Crippen molar-refractivity contribution in [3.63, 3.8) is 0 Å². The van der Waals surface area contributed by atoms with Gasteiger partial charge in [-0.25, -0.2) is 0 Å². The molecule has 3 heteroatoms. The summed E-state index contributed by atoms with van der Waals surface area (Å²) in [6, 6.07) is 5.38. The molecule has 0 saturated heterocycles. The summed E-state index contributed by atoms with van der Waals surface area (Å²) in [5.74, 6) is 2.33. The Bertz CT molecular complexity index is 754. The minimum absolute atomic E-state index is 0.0379. The number of carbonyl (C=O) groups excluding carboxylic acids is 1. The van der Waals surface area contributed by atoms with Crippen molar-refractivity contribution in [3.8, 4) is 5.75 Å². The number of hydrogen-bond acceptors (Lipinski definition) is 3. The molecule has 0 unspecified atom stereocenters. The number of phenols is 1. The van der Waals surface area contributed by atoms with Gasteiger partial charge in [0.1, 0.15) is 11.4 Å². The molecule has 2 saturated carbocycles. The predicted molar refractivity (Wildman–Crippen MR) is 123 cm³/mol. The summed E-state index contributed by atoms with van der Waals surface area (Å²) in [5.41, 5.74) is 0.955. The van der Waals surface area contributed by atoms with Crippen molar-refractivity contribution < 1.29 is 15.0 Å². The normalized spacial score (nSPS) is 32.4. The van der Waals surface area contributed by atoms with Crippen LogP contribution in [0.5, 0.6) is 5.75 Å². The number of hydrogen-bond donors (Lipinski definition) is 2. The third-order valence-corrected chi connectivity index (χ3v) is 8.60. The lowest BCUT2D eigenvalue weighted by molar-refractivity contribution is -0.161. The molecular weight excluding hydrogens is 372 g/mol. The van der Waals surface area contributed by atoms with E-state index in [1.54, 1.807) is 12.1 Å². The van der Waals surface area contributed by atoms with Gasteiger partial charge in [0.05, 0.1) is 0 Å². The van der Waals surface area contributed by atoms with Gasteiger partial charge in [-0.2, -0.15) is 0 Å². The molecule has 1 aromatic carbocycles. The van der Waals surface area contributed by atoms with E-state index in [9.17, 15) is 15.0 Å². The molecule has 3 rings (SSSR count). The summed E-state index contributed by atoms with van der Waals surface area (Å²) in [6.07, 6.45) is 8.40. The highest BCUT2D eigenvalue weighted by atomic mass is 16.3. The molecule has 2 aliphatic carbocycles. The molecular formula is C27H42O3. The van der Waals surface area contributed by atoms with E-state index in [0.717, 1.165) is 36.3 Å². The molecule has 2 N–H and O–H groups in total. The molecule has 0 radical (unpaired) electrons. The molecule has 5 atom stereocenters. The van der Waals surface area contributed by atoms with E-state index in [0.29, 0.717) is 31.1 Å². The number of ketones is 1. The Hall–Kier alpha value is -1.35. The summed E-state index contributed by atoms with van der Waals surface area (Å²) in [6.45, 7) is 11.4. The lowest BCUT2D eigenvalue weighted by Crippen LogP contribution is -2.56. The molecule has 2 fully saturated rings. The summed E-state index contributed by atoms with van der Waals surface area (Å²) in [7, 11) is 0. The van der Waals surface area contributed by atoms with Crippen LogP contribution in [0, 0.1) is 36.0 Å². The van der Waals surface area contributed by atoms with Gasteiger partial charge in [0.25, 0.3) is 0 Å². The number of fused-ring (bicyclic) bond motifs is 1. The number of aliphatic hydroxyl groups is 1. The highest BCUT2D eigenvalue weighted by Gasteiger charge is 2.60. The third kappa shape index (κ3) is 4.47. The molecule has 1 aromatic rings. The highest BCUT2D eigenvalue weighted by molar-refractivity contribution is 5.88. The van der Waals surface area contributed by atoms with E-state index in [4.69, 9.17) is 0 Å². The first kappa shape index (κ1) is 23.3. The van der Waals surface area contributed by atoms with Crippen molar-refractivity contribution in [2.24, 2.45) is 29.1 Å². The van der Waals surface area contributed by atoms with Crippen LogP contribution in [0.15, 0.2) is 18.2 Å². The second-order valence-corrected chi connectivity index (χ2v) is 11.0. The zero-order valence-electron chi connectivity index (χ0n) is 19.7. The first-order valence-corrected chi connectivity index (χ1v) is 12.1. The van der Waals surface area contributed by atoms with Gasteiger partial charge < -0.3 is 10.2 Å². The molecule has 0 spiro atoms. The minimum atomic E-state index is -1.22. The van der Waals surface area contributed by atoms with Gasteiger partial charge in [0.15, 0.2) is 5.78 Å². The fraction of sp³-hybridized carbons (Fsp3) is 0.741. The number of rotatable bonds is 8. The molecule has 168 valence electrons. The average Bonchev–Trinajstić information content (AvgIpc) is 3.04. The maximum atomic E-state index is 13.0. The van der Waals surface area contributed by atoms with Gasteiger partial charge in [0, 0.05) is 12.3 Å². The molecule has 0 heterocycles. The van der Waals surface area contributed by atoms with Gasteiger partial charge in [-0.15, -0.1) is 0 Å². The zero-order chi connectivity index (χ0) is 22.1. The van der Waals surface area contributed by atoms with Gasteiger partial charge in [-0.3, -0.25) is 4.79 Å². The van der Waals surface area contributed by atoms with E-state index in [2.05, 4.69) is 27.7 Å². The number of carbonyl (C=O) groups is 1. The first-order chi connectivity index (χ1) is 14.1. The second-order valence-electron chi connectivity index (χ2n) is 11.0. The van der Waals surface area contributed by atoms with Gasteiger partial charge in [-0.1, -0.05) is 53.0 Å². The first-order valence-electron chi connectivity index (χ1n) is 12.1. The molecule has 0 aliphatic heterocycles. The van der Waals surface area contributed by atoms with Crippen LogP contribution < -0.4 is 0 Å². The number of aromatic hydroxyl groups is 1. The maximum absolute atomic E-state index is 13.0. The fourth-order valence-corrected chi connectivity index (χ4v) is 6.75. The van der Waals surface area contributed by atoms with Crippen LogP contribution in [0.3, 0.4) is 0 Å². The van der Waals surface area contributed by atoms with Crippen molar-refractivity contribution in [1.82, 2.24) is 0 Å². The maximum Gasteiger partial charge on any atom is 0.164 e. The minimum Gasteiger partial charge on any atom is -0.508 e. The number of benzene rings is 1. The topological polar surface area (TPSA) is 57.5 Å². The Morgan fingerprint density at radius 1 is 1.17 bits per heavy atom. The molecule has 3 nitrogen and oxygen atoms in total. The Morgan fingerprint density at radius 3 is 2.60 bits per heavy atom. The molecule has 30 heavy (non-hydrogen) atoms. The lowest BCUT2D eigenvalue weighted by atomic mass is 9.56. The van der Waals surface area contributed by atoms with Crippen LogP contribution in [0.1, 0.15) is 90.2 Å². The SMILES string of the molecule is Cc1ccc(O)cc1CC[C@]1(O)C(=O)CC[C@]2(C)[C@@H]([C@H](C)CCCC(C)C)CC[C@H]21. The van der Waals surface area contributed by atoms with Gasteiger partial charge >= 0.3 is 0 Å². The van der Waals surface area contributed by atoms with Crippen LogP contribution in [0.25, 0.3) is 0 Å². The van der Waals surface area contributed by atoms with Crippen LogP contribution in [-0.4, -0.2) is 21.6 Å². The van der Waals surface area contributed by atoms with Crippen molar-refractivity contribution >= 4 is 5.78 Å². The van der Waals surface area contributed by atoms with E-state index in [1.165, 1.54) is 19.3 Å². The lowest BCUT2D eigenvalue weighted by Gasteiger charge is -2.50. The smallest absolute Gasteiger partial charge is 0.164 e. The van der Waals surface area contributed by atoms with E-state index in [-0.39, 0.29) is 22.9 Å². The van der Waals surface area contributed by atoms with E-state index >= 15 is 0 Å². The Morgan fingerprint density at radius 2 is 1.90 bits per heavy atom. The molecule has 0 amide bonds. The van der Waals surface area contributed by atoms with Gasteiger partial charge in [-0.05, 0) is 85.5 Å². The largest absolute Gasteiger partial charge is 0.508 e. The monoisotopic (exact) mass is 414 g/mol. The standard InChI is InChI=1S/C27H42O3/c1-18(2)7-6-8-20(4)23-11-12-24-26(23,5)15-14-25(29)27(24,30)16-13-21-17-22(28)10-9-19(21)3/h9-10,17-18,20,23-24,28,30H,6-8,11-16H2,1-5H3/t20-,23-,24-,26-,27-/m1/s1. The zero-order valence-corrected chi connectivity index (χ0v) is 19.7. The van der Waals surface area contributed by atoms with E-state index in [1.807, 2.05) is 13.0 Å². The second kappa shape index (κ2) is 9.02. The number of phenolic OH excluding ortho intramolecular Hbond substituents is 1. The van der Waals surface area contributed by atoms with Crippen LogP contribution in [0.2, 0.25) is 0 Å². The summed E-state index contributed by atoms with van der Waals surface area (Å²) >= 11 is 0. The van der Waals surface area contributed by atoms with Crippen molar-refractivity contribution in [2.75, 3.05) is 0 Å². The fourth-order valence-electron chi connectivity index (χ4n) is 6.75. The molecule has 0 bridgehead atoms. The van der Waals surface area contributed by atoms with Crippen molar-refractivity contribution in [2.45, 2.75) is 98.0 Å². The van der Waals surface area contributed by atoms with E-state index < -0.39 is 5.60 Å². The summed E-state index contributed by atoms with van der Waals surface area (Å²) in [5, 5.41) is 21.6. The van der Waals surface area contributed by atoms with Crippen LogP contribution in [0.4, 0.5) is 0 Å². The summed E-state index contributed by atoms with van der Waals surface area (Å²) < 4.78 is 0. The molecule has 0 aromatic heterocycles. The quantitative estimate of drug-likeness (QED) is 0.531. The van der Waals surface area contributed by atoms with Crippen LogP contribution >= 0.6 is 0 Å². The van der Waals surface area contributed by atoms with Crippen molar-refractivity contribution in [3.05, 3.63) is 29.3 Å². The highest BCUT2D eigenvalue weighted by Crippen LogP contribution is 2.61. The Kier molecular flexibility index (Phi) is 7.01.